The third-order valence-corrected chi connectivity index (χ3v) is 3.61. The summed E-state index contributed by atoms with van der Waals surface area (Å²) in [6.45, 7) is 5.70. The number of nitrogens with one attached hydrogen (secondary N) is 1. The van der Waals surface area contributed by atoms with Crippen molar-refractivity contribution in [1.29, 1.82) is 0 Å². The highest BCUT2D eigenvalue weighted by Crippen LogP contribution is 2.27. The molecule has 0 bridgehead atoms. The number of benzene rings is 1. The lowest BCUT2D eigenvalue weighted by Crippen LogP contribution is -2.34. The quantitative estimate of drug-likeness (QED) is 0.817. The first kappa shape index (κ1) is 11.7. The van der Waals surface area contributed by atoms with Gasteiger partial charge in [0.15, 0.2) is 0 Å². The average Bonchev–Trinajstić information content (AvgIpc) is 2.30. The maximum absolute atomic E-state index is 3.51. The summed E-state index contributed by atoms with van der Waals surface area (Å²) in [7, 11) is 0. The van der Waals surface area contributed by atoms with Gasteiger partial charge in [-0.2, -0.15) is 0 Å². The molecule has 1 fully saturated rings. The van der Waals surface area contributed by atoms with E-state index >= 15 is 0 Å². The molecule has 2 unspecified atom stereocenters. The molecule has 0 saturated carbocycles. The molecule has 0 radical (unpaired) electrons. The lowest BCUT2D eigenvalue weighted by atomic mass is 9.86. The normalized spacial score (nSPS) is 25.6. The van der Waals surface area contributed by atoms with E-state index in [0.29, 0.717) is 6.04 Å². The fraction of sp³-hybridized carbons (Fsp3) is 0.600. The van der Waals surface area contributed by atoms with Crippen molar-refractivity contribution in [3.63, 3.8) is 0 Å². The van der Waals surface area contributed by atoms with Gasteiger partial charge in [-0.05, 0) is 49.8 Å². The second-order valence-corrected chi connectivity index (χ2v) is 5.07. The highest BCUT2D eigenvalue weighted by Gasteiger charge is 2.19. The van der Waals surface area contributed by atoms with Gasteiger partial charge in [0.05, 0.1) is 0 Å². The zero-order valence-corrected chi connectivity index (χ0v) is 10.5. The Hall–Kier alpha value is -0.820. The third-order valence-electron chi connectivity index (χ3n) is 3.61. The van der Waals surface area contributed by atoms with E-state index in [1.807, 2.05) is 0 Å². The van der Waals surface area contributed by atoms with E-state index in [4.69, 9.17) is 0 Å². The van der Waals surface area contributed by atoms with Crippen LogP contribution in [0.25, 0.3) is 0 Å². The molecule has 16 heavy (non-hydrogen) atoms. The molecule has 1 aromatic carbocycles. The molecule has 2 atom stereocenters. The van der Waals surface area contributed by atoms with Crippen molar-refractivity contribution in [1.82, 2.24) is 5.32 Å². The zero-order valence-electron chi connectivity index (χ0n) is 10.5. The lowest BCUT2D eigenvalue weighted by molar-refractivity contribution is 0.381. The highest BCUT2D eigenvalue weighted by molar-refractivity contribution is 5.26. The van der Waals surface area contributed by atoms with Gasteiger partial charge < -0.3 is 5.32 Å². The van der Waals surface area contributed by atoms with Crippen LogP contribution in [0.2, 0.25) is 0 Å². The molecular weight excluding hydrogens is 194 g/mol. The van der Waals surface area contributed by atoms with E-state index in [1.54, 1.807) is 0 Å². The van der Waals surface area contributed by atoms with E-state index in [-0.39, 0.29) is 0 Å². The van der Waals surface area contributed by atoms with Crippen LogP contribution in [0.3, 0.4) is 0 Å². The summed E-state index contributed by atoms with van der Waals surface area (Å²) in [5.74, 6) is 0.770. The van der Waals surface area contributed by atoms with E-state index < -0.39 is 0 Å². The predicted molar refractivity (Wildman–Crippen MR) is 69.9 cm³/mol. The number of hydrogen-bond acceptors (Lipinski definition) is 1. The Kier molecular flexibility index (Phi) is 4.00. The molecular formula is C15H23N. The summed E-state index contributed by atoms with van der Waals surface area (Å²) in [5, 5.41) is 3.51. The van der Waals surface area contributed by atoms with Crippen LogP contribution in [0, 0.1) is 0 Å². The van der Waals surface area contributed by atoms with Crippen molar-refractivity contribution >= 4 is 0 Å². The Morgan fingerprint density at radius 3 is 2.62 bits per heavy atom. The molecule has 1 aliphatic heterocycles. The van der Waals surface area contributed by atoms with Crippen molar-refractivity contribution < 1.29 is 0 Å². The number of rotatable bonds is 3. The van der Waals surface area contributed by atoms with Gasteiger partial charge in [-0.1, -0.05) is 37.6 Å². The minimum absolute atomic E-state index is 0.675. The number of aryl methyl sites for hydroxylation is 1. The molecule has 1 N–H and O–H groups in total. The smallest absolute Gasteiger partial charge is 0.00445 e. The van der Waals surface area contributed by atoms with E-state index in [1.165, 1.54) is 43.4 Å². The molecule has 2 rings (SSSR count). The fourth-order valence-corrected chi connectivity index (χ4v) is 2.68. The fourth-order valence-electron chi connectivity index (χ4n) is 2.68. The Morgan fingerprint density at radius 1 is 1.25 bits per heavy atom. The van der Waals surface area contributed by atoms with Crippen molar-refractivity contribution in [2.75, 3.05) is 6.54 Å². The minimum atomic E-state index is 0.675. The summed E-state index contributed by atoms with van der Waals surface area (Å²) in [5.41, 5.74) is 3.02. The first-order chi connectivity index (χ1) is 7.79. The Labute approximate surface area is 99.3 Å². The molecule has 1 aliphatic rings. The molecule has 1 nitrogen and oxygen atoms in total. The topological polar surface area (TPSA) is 12.0 Å². The van der Waals surface area contributed by atoms with Gasteiger partial charge in [-0.15, -0.1) is 0 Å². The molecule has 0 aliphatic carbocycles. The predicted octanol–water partition coefficient (Wildman–Crippen LogP) is 3.49. The van der Waals surface area contributed by atoms with Gasteiger partial charge in [0.1, 0.15) is 0 Å². The van der Waals surface area contributed by atoms with E-state index in [0.717, 1.165) is 5.92 Å². The van der Waals surface area contributed by atoms with Crippen LogP contribution in [0.5, 0.6) is 0 Å². The highest BCUT2D eigenvalue weighted by atomic mass is 14.9. The Morgan fingerprint density at radius 2 is 2.00 bits per heavy atom. The Bertz CT molecular complexity index is 315. The van der Waals surface area contributed by atoms with Crippen LogP contribution >= 0.6 is 0 Å². The van der Waals surface area contributed by atoms with Crippen molar-refractivity contribution in [3.05, 3.63) is 35.4 Å². The van der Waals surface area contributed by atoms with Gasteiger partial charge in [0.2, 0.25) is 0 Å². The van der Waals surface area contributed by atoms with Crippen LogP contribution in [0.15, 0.2) is 24.3 Å². The van der Waals surface area contributed by atoms with E-state index in [9.17, 15) is 0 Å². The van der Waals surface area contributed by atoms with Gasteiger partial charge in [0.25, 0.3) is 0 Å². The first-order valence-electron chi connectivity index (χ1n) is 6.62. The molecule has 0 amide bonds. The van der Waals surface area contributed by atoms with Crippen LogP contribution < -0.4 is 5.32 Å². The van der Waals surface area contributed by atoms with E-state index in [2.05, 4.69) is 43.4 Å². The maximum Gasteiger partial charge on any atom is 0.00445 e. The molecule has 1 heteroatoms. The lowest BCUT2D eigenvalue weighted by Gasteiger charge is -2.28. The second-order valence-electron chi connectivity index (χ2n) is 5.07. The maximum atomic E-state index is 3.51. The van der Waals surface area contributed by atoms with Gasteiger partial charge in [-0.25, -0.2) is 0 Å². The second kappa shape index (κ2) is 5.49. The van der Waals surface area contributed by atoms with Crippen LogP contribution in [0.4, 0.5) is 0 Å². The standard InChI is InChI=1S/C15H23N/c1-3-4-13-5-7-14(8-6-13)15-9-10-16-12(2)11-15/h5-8,12,15-16H,3-4,9-11H2,1-2H3. The first-order valence-corrected chi connectivity index (χ1v) is 6.62. The van der Waals surface area contributed by atoms with Crippen LogP contribution in [0.1, 0.15) is 50.2 Å². The summed E-state index contributed by atoms with van der Waals surface area (Å²) < 4.78 is 0. The molecule has 1 heterocycles. The molecule has 1 saturated heterocycles. The SMILES string of the molecule is CCCc1ccc(C2CCNC(C)C2)cc1. The van der Waals surface area contributed by atoms with Crippen molar-refractivity contribution in [2.24, 2.45) is 0 Å². The largest absolute Gasteiger partial charge is 0.314 e. The zero-order chi connectivity index (χ0) is 11.4. The summed E-state index contributed by atoms with van der Waals surface area (Å²) in [6.07, 6.45) is 5.03. The third kappa shape index (κ3) is 2.85. The van der Waals surface area contributed by atoms with Crippen LogP contribution in [-0.4, -0.2) is 12.6 Å². The molecule has 0 spiro atoms. The number of piperidine rings is 1. The minimum Gasteiger partial charge on any atom is -0.314 e. The summed E-state index contributed by atoms with van der Waals surface area (Å²) in [6, 6.07) is 9.98. The van der Waals surface area contributed by atoms with Gasteiger partial charge in [-0.3, -0.25) is 0 Å². The van der Waals surface area contributed by atoms with Crippen molar-refractivity contribution in [3.8, 4) is 0 Å². The monoisotopic (exact) mass is 217 g/mol. The molecule has 0 aromatic heterocycles. The van der Waals surface area contributed by atoms with Crippen molar-refractivity contribution in [2.45, 2.75) is 51.5 Å². The Balaban J connectivity index is 2.03. The average molecular weight is 217 g/mol. The molecule has 1 aromatic rings. The summed E-state index contributed by atoms with van der Waals surface area (Å²) >= 11 is 0. The van der Waals surface area contributed by atoms with Gasteiger partial charge in [0, 0.05) is 6.04 Å². The van der Waals surface area contributed by atoms with Gasteiger partial charge >= 0.3 is 0 Å². The number of hydrogen-bond donors (Lipinski definition) is 1. The summed E-state index contributed by atoms with van der Waals surface area (Å²) in [4.78, 5) is 0. The van der Waals surface area contributed by atoms with Crippen LogP contribution in [-0.2, 0) is 6.42 Å². The molecule has 88 valence electrons.